The van der Waals surface area contributed by atoms with Gasteiger partial charge in [0.15, 0.2) is 0 Å². The Morgan fingerprint density at radius 2 is 2.24 bits per heavy atom. The van der Waals surface area contributed by atoms with E-state index in [4.69, 9.17) is 15.1 Å². The van der Waals surface area contributed by atoms with E-state index < -0.39 is 5.97 Å². The van der Waals surface area contributed by atoms with E-state index >= 15 is 0 Å². The predicted octanol–water partition coefficient (Wildman–Crippen LogP) is 2.05. The zero-order valence-electron chi connectivity index (χ0n) is 11.8. The van der Waals surface area contributed by atoms with Gasteiger partial charge in [-0.05, 0) is 19.1 Å². The van der Waals surface area contributed by atoms with Crippen molar-refractivity contribution >= 4 is 17.5 Å². The molecule has 0 aliphatic carbocycles. The number of carbonyl (C=O) groups is 1. The maximum atomic E-state index is 11.1. The Kier molecular flexibility index (Phi) is 3.80. The highest BCUT2D eigenvalue weighted by Crippen LogP contribution is 2.27. The molecule has 1 aromatic heterocycles. The second kappa shape index (κ2) is 5.54. The van der Waals surface area contributed by atoms with Gasteiger partial charge in [-0.2, -0.15) is 10.4 Å². The number of benzene rings is 1. The van der Waals surface area contributed by atoms with Gasteiger partial charge in [0.25, 0.3) is 0 Å². The lowest BCUT2D eigenvalue weighted by molar-refractivity contribution is 0.0693. The van der Waals surface area contributed by atoms with Crippen LogP contribution >= 0.6 is 0 Å². The summed E-state index contributed by atoms with van der Waals surface area (Å²) in [6, 6.07) is 6.70. The van der Waals surface area contributed by atoms with Crippen LogP contribution in [-0.4, -0.2) is 28.0 Å². The summed E-state index contributed by atoms with van der Waals surface area (Å²) >= 11 is 0. The maximum Gasteiger partial charge on any atom is 0.339 e. The highest BCUT2D eigenvalue weighted by Gasteiger charge is 2.15. The van der Waals surface area contributed by atoms with Gasteiger partial charge in [0.2, 0.25) is 0 Å². The number of methoxy groups -OCH3 is 1. The van der Waals surface area contributed by atoms with Gasteiger partial charge in [0.05, 0.1) is 12.8 Å². The van der Waals surface area contributed by atoms with Gasteiger partial charge in [0.1, 0.15) is 28.8 Å². The van der Waals surface area contributed by atoms with Crippen LogP contribution in [0.5, 0.6) is 5.75 Å². The first-order chi connectivity index (χ1) is 9.97. The van der Waals surface area contributed by atoms with E-state index in [1.807, 2.05) is 0 Å². The second-order valence-electron chi connectivity index (χ2n) is 4.39. The Bertz CT molecular complexity index is 743. The zero-order chi connectivity index (χ0) is 15.6. The molecule has 0 aliphatic heterocycles. The fraction of sp³-hybridized carbons (Fsp3) is 0.214. The average molecular weight is 286 g/mol. The van der Waals surface area contributed by atoms with Gasteiger partial charge < -0.3 is 15.2 Å². The molecule has 0 saturated heterocycles. The van der Waals surface area contributed by atoms with Crippen LogP contribution in [0.2, 0.25) is 0 Å². The number of anilines is 2. The molecule has 1 heterocycles. The van der Waals surface area contributed by atoms with E-state index in [0.29, 0.717) is 22.8 Å². The SMILES string of the molecule is COc1cc(Nc2c(C#N)c(C)nn2C)ccc1C(=O)O. The van der Waals surface area contributed by atoms with Crippen LogP contribution < -0.4 is 10.1 Å². The Balaban J connectivity index is 2.42. The molecule has 0 bridgehead atoms. The topological polar surface area (TPSA) is 100 Å². The van der Waals surface area contributed by atoms with Crippen molar-refractivity contribution in [3.05, 3.63) is 35.0 Å². The fourth-order valence-corrected chi connectivity index (χ4v) is 2.02. The molecule has 0 spiro atoms. The van der Waals surface area contributed by atoms with Gasteiger partial charge in [0, 0.05) is 18.8 Å². The standard InChI is InChI=1S/C14H14N4O3/c1-8-11(7-15)13(18(2)17-8)16-9-4-5-10(14(19)20)12(6-9)21-3/h4-6,16H,1-3H3,(H,19,20). The Morgan fingerprint density at radius 3 is 2.81 bits per heavy atom. The minimum absolute atomic E-state index is 0.0738. The molecule has 1 aromatic carbocycles. The largest absolute Gasteiger partial charge is 0.496 e. The number of aromatic nitrogens is 2. The van der Waals surface area contributed by atoms with E-state index in [2.05, 4.69) is 16.5 Å². The van der Waals surface area contributed by atoms with Gasteiger partial charge >= 0.3 is 5.97 Å². The van der Waals surface area contributed by atoms with Crippen molar-refractivity contribution in [1.29, 1.82) is 5.26 Å². The average Bonchev–Trinajstić information content (AvgIpc) is 2.72. The third kappa shape index (κ3) is 2.65. The molecule has 21 heavy (non-hydrogen) atoms. The number of hydrogen-bond acceptors (Lipinski definition) is 5. The van der Waals surface area contributed by atoms with Gasteiger partial charge in [-0.15, -0.1) is 0 Å². The number of carboxylic acid groups (broad SMARTS) is 1. The summed E-state index contributed by atoms with van der Waals surface area (Å²) in [7, 11) is 3.12. The molecule has 0 radical (unpaired) electrons. The number of nitrogens with zero attached hydrogens (tertiary/aromatic N) is 3. The van der Waals surface area contributed by atoms with E-state index in [1.165, 1.54) is 13.2 Å². The highest BCUT2D eigenvalue weighted by atomic mass is 16.5. The van der Waals surface area contributed by atoms with Gasteiger partial charge in [-0.25, -0.2) is 4.79 Å². The van der Waals surface area contributed by atoms with E-state index in [1.54, 1.807) is 30.8 Å². The number of nitrogens with one attached hydrogen (secondary N) is 1. The normalized spacial score (nSPS) is 10.0. The molecule has 108 valence electrons. The molecule has 0 atom stereocenters. The lowest BCUT2D eigenvalue weighted by Crippen LogP contribution is -2.03. The van der Waals surface area contributed by atoms with Gasteiger partial charge in [-0.3, -0.25) is 4.68 Å². The lowest BCUT2D eigenvalue weighted by Gasteiger charge is -2.10. The van der Waals surface area contributed by atoms with Crippen molar-refractivity contribution in [2.45, 2.75) is 6.92 Å². The van der Waals surface area contributed by atoms with Crippen molar-refractivity contribution in [2.75, 3.05) is 12.4 Å². The molecule has 0 saturated carbocycles. The molecular formula is C14H14N4O3. The number of carboxylic acids is 1. The van der Waals surface area contributed by atoms with Crippen LogP contribution in [0.3, 0.4) is 0 Å². The Morgan fingerprint density at radius 1 is 1.52 bits per heavy atom. The number of ether oxygens (including phenoxy) is 1. The minimum Gasteiger partial charge on any atom is -0.496 e. The third-order valence-electron chi connectivity index (χ3n) is 3.03. The first kappa shape index (κ1) is 14.4. The Hall–Kier alpha value is -3.01. The van der Waals surface area contributed by atoms with E-state index in [9.17, 15) is 4.79 Å². The molecule has 2 rings (SSSR count). The summed E-state index contributed by atoms with van der Waals surface area (Å²) in [5.74, 6) is -0.280. The summed E-state index contributed by atoms with van der Waals surface area (Å²) in [5.41, 5.74) is 1.75. The van der Waals surface area contributed by atoms with Crippen LogP contribution in [0.25, 0.3) is 0 Å². The van der Waals surface area contributed by atoms with Crippen molar-refractivity contribution in [3.63, 3.8) is 0 Å². The van der Waals surface area contributed by atoms with E-state index in [0.717, 1.165) is 0 Å². The molecule has 2 aromatic rings. The van der Waals surface area contributed by atoms with Crippen molar-refractivity contribution in [2.24, 2.45) is 7.05 Å². The van der Waals surface area contributed by atoms with Crippen LogP contribution in [0.15, 0.2) is 18.2 Å². The number of nitriles is 1. The van der Waals surface area contributed by atoms with Crippen LogP contribution in [-0.2, 0) is 7.05 Å². The number of aryl methyl sites for hydroxylation is 2. The Labute approximate surface area is 121 Å². The van der Waals surface area contributed by atoms with Crippen LogP contribution in [0.4, 0.5) is 11.5 Å². The maximum absolute atomic E-state index is 11.1. The summed E-state index contributed by atoms with van der Waals surface area (Å²) in [5, 5.41) is 25.4. The number of aromatic carboxylic acids is 1. The molecule has 7 heteroatoms. The fourth-order valence-electron chi connectivity index (χ4n) is 2.02. The molecule has 2 N–H and O–H groups in total. The number of rotatable bonds is 4. The molecular weight excluding hydrogens is 272 g/mol. The highest BCUT2D eigenvalue weighted by molar-refractivity contribution is 5.91. The van der Waals surface area contributed by atoms with Crippen LogP contribution in [0, 0.1) is 18.3 Å². The molecule has 0 aliphatic rings. The first-order valence-corrected chi connectivity index (χ1v) is 6.10. The monoisotopic (exact) mass is 286 g/mol. The third-order valence-corrected chi connectivity index (χ3v) is 3.03. The van der Waals surface area contributed by atoms with Crippen LogP contribution in [0.1, 0.15) is 21.6 Å². The van der Waals surface area contributed by atoms with Crippen molar-refractivity contribution < 1.29 is 14.6 Å². The summed E-state index contributed by atoms with van der Waals surface area (Å²) in [6.07, 6.45) is 0. The quantitative estimate of drug-likeness (QED) is 0.892. The summed E-state index contributed by atoms with van der Waals surface area (Å²) < 4.78 is 6.63. The lowest BCUT2D eigenvalue weighted by atomic mass is 10.1. The van der Waals surface area contributed by atoms with Crippen molar-refractivity contribution in [3.8, 4) is 11.8 Å². The number of hydrogen-bond donors (Lipinski definition) is 2. The molecule has 0 amide bonds. The zero-order valence-corrected chi connectivity index (χ0v) is 11.8. The summed E-state index contributed by atoms with van der Waals surface area (Å²) in [6.45, 7) is 1.75. The molecule has 7 nitrogen and oxygen atoms in total. The smallest absolute Gasteiger partial charge is 0.339 e. The van der Waals surface area contributed by atoms with Gasteiger partial charge in [-0.1, -0.05) is 0 Å². The van der Waals surface area contributed by atoms with E-state index in [-0.39, 0.29) is 11.3 Å². The molecule has 0 fully saturated rings. The minimum atomic E-state index is -1.06. The molecule has 0 unspecified atom stereocenters. The summed E-state index contributed by atoms with van der Waals surface area (Å²) in [4.78, 5) is 11.1. The second-order valence-corrected chi connectivity index (χ2v) is 4.39. The van der Waals surface area contributed by atoms with Crippen molar-refractivity contribution in [1.82, 2.24) is 9.78 Å². The first-order valence-electron chi connectivity index (χ1n) is 6.10. The predicted molar refractivity (Wildman–Crippen MR) is 75.9 cm³/mol.